The van der Waals surface area contributed by atoms with E-state index in [0.29, 0.717) is 5.56 Å². The maximum Gasteiger partial charge on any atom is 0.328 e. The summed E-state index contributed by atoms with van der Waals surface area (Å²) in [6.45, 7) is -0.274. The van der Waals surface area contributed by atoms with E-state index in [9.17, 15) is 9.18 Å². The minimum Gasteiger partial charge on any atom is -0.478 e. The molecule has 0 aromatic heterocycles. The number of halogens is 1. The molecular weight excluding hydrogens is 213 g/mol. The van der Waals surface area contributed by atoms with Gasteiger partial charge in [0.05, 0.1) is 12.6 Å². The molecule has 0 aliphatic rings. The van der Waals surface area contributed by atoms with Crippen LogP contribution in [0.4, 0.5) is 4.39 Å². The molecule has 16 heavy (non-hydrogen) atoms. The summed E-state index contributed by atoms with van der Waals surface area (Å²) in [5, 5.41) is 17.2. The lowest BCUT2D eigenvalue weighted by atomic mass is 10.1. The maximum absolute atomic E-state index is 13.4. The van der Waals surface area contributed by atoms with Gasteiger partial charge in [-0.25, -0.2) is 9.18 Å². The van der Waals surface area contributed by atoms with Crippen molar-refractivity contribution < 1.29 is 19.4 Å². The van der Waals surface area contributed by atoms with Gasteiger partial charge in [0.2, 0.25) is 0 Å². The van der Waals surface area contributed by atoms with E-state index in [1.165, 1.54) is 12.1 Å². The first kappa shape index (κ1) is 12.4. The molecule has 0 amide bonds. The number of nitrogens with two attached hydrogens (primary N) is 1. The number of aliphatic hydroxyl groups excluding tert-OH is 1. The fraction of sp³-hybridized carbons (Fsp3) is 0.182. The molecule has 5 heteroatoms. The number of aliphatic hydroxyl groups is 1. The van der Waals surface area contributed by atoms with Gasteiger partial charge in [-0.05, 0) is 17.7 Å². The quantitative estimate of drug-likeness (QED) is 0.665. The molecule has 1 aromatic rings. The topological polar surface area (TPSA) is 83.5 Å². The van der Waals surface area contributed by atoms with E-state index >= 15 is 0 Å². The molecule has 0 fully saturated rings. The second-order valence-electron chi connectivity index (χ2n) is 3.24. The number of hydrogen-bond acceptors (Lipinski definition) is 3. The summed E-state index contributed by atoms with van der Waals surface area (Å²) in [7, 11) is 0. The van der Waals surface area contributed by atoms with Crippen LogP contribution in [0.1, 0.15) is 17.2 Å². The van der Waals surface area contributed by atoms with E-state index in [1.54, 1.807) is 6.07 Å². The molecule has 0 aliphatic heterocycles. The molecule has 1 rings (SSSR count). The van der Waals surface area contributed by atoms with Gasteiger partial charge in [0.1, 0.15) is 5.82 Å². The molecule has 1 aromatic carbocycles. The minimum atomic E-state index is -1.14. The standard InChI is InChI=1S/C11H12FNO3/c12-9-5-8(10(13)6-14)2-1-7(9)3-4-11(15)16/h1-5,10,14H,6,13H2,(H,15,16)/b4-3+/t10-/m1/s1. The molecule has 0 bridgehead atoms. The monoisotopic (exact) mass is 225 g/mol. The van der Waals surface area contributed by atoms with E-state index in [4.69, 9.17) is 15.9 Å². The lowest BCUT2D eigenvalue weighted by Gasteiger charge is -2.09. The SMILES string of the molecule is N[C@H](CO)c1ccc(/C=C/C(=O)O)c(F)c1. The Balaban J connectivity index is 2.96. The average Bonchev–Trinajstić information content (AvgIpc) is 2.26. The first-order valence-corrected chi connectivity index (χ1v) is 4.61. The predicted octanol–water partition coefficient (Wildman–Crippen LogP) is 0.916. The number of carboxylic acids is 1. The van der Waals surface area contributed by atoms with Gasteiger partial charge < -0.3 is 15.9 Å². The van der Waals surface area contributed by atoms with Crippen LogP contribution in [0.2, 0.25) is 0 Å². The maximum atomic E-state index is 13.4. The largest absolute Gasteiger partial charge is 0.478 e. The molecule has 0 spiro atoms. The van der Waals surface area contributed by atoms with Crippen molar-refractivity contribution in [2.75, 3.05) is 6.61 Å². The lowest BCUT2D eigenvalue weighted by molar-refractivity contribution is -0.131. The summed E-state index contributed by atoms with van der Waals surface area (Å²) in [6.07, 6.45) is 2.01. The van der Waals surface area contributed by atoms with Crippen LogP contribution >= 0.6 is 0 Å². The van der Waals surface area contributed by atoms with E-state index in [1.807, 2.05) is 0 Å². The zero-order chi connectivity index (χ0) is 12.1. The molecule has 4 N–H and O–H groups in total. The molecule has 86 valence electrons. The third kappa shape index (κ3) is 3.15. The number of rotatable bonds is 4. The smallest absolute Gasteiger partial charge is 0.328 e. The molecule has 0 aliphatic carbocycles. The normalized spacial score (nSPS) is 12.9. The highest BCUT2D eigenvalue weighted by molar-refractivity contribution is 5.85. The second-order valence-corrected chi connectivity index (χ2v) is 3.24. The second kappa shape index (κ2) is 5.39. The Kier molecular flexibility index (Phi) is 4.16. The van der Waals surface area contributed by atoms with Gasteiger partial charge in [0, 0.05) is 11.6 Å². The summed E-state index contributed by atoms with van der Waals surface area (Å²) in [6, 6.07) is 3.51. The Bertz CT molecular complexity index is 418. The molecule has 0 saturated heterocycles. The average molecular weight is 225 g/mol. The van der Waals surface area contributed by atoms with Gasteiger partial charge in [-0.2, -0.15) is 0 Å². The molecule has 0 radical (unpaired) electrons. The van der Waals surface area contributed by atoms with E-state index in [2.05, 4.69) is 0 Å². The highest BCUT2D eigenvalue weighted by Gasteiger charge is 2.07. The first-order valence-electron chi connectivity index (χ1n) is 4.61. The zero-order valence-electron chi connectivity index (χ0n) is 8.43. The summed E-state index contributed by atoms with van der Waals surface area (Å²) >= 11 is 0. The van der Waals surface area contributed by atoms with Gasteiger partial charge in [-0.15, -0.1) is 0 Å². The van der Waals surface area contributed by atoms with Crippen molar-refractivity contribution >= 4 is 12.0 Å². The van der Waals surface area contributed by atoms with Crippen LogP contribution in [0.15, 0.2) is 24.3 Å². The van der Waals surface area contributed by atoms with Crippen molar-refractivity contribution in [3.8, 4) is 0 Å². The zero-order valence-corrected chi connectivity index (χ0v) is 8.43. The highest BCUT2D eigenvalue weighted by Crippen LogP contribution is 2.16. The van der Waals surface area contributed by atoms with Crippen molar-refractivity contribution in [3.63, 3.8) is 0 Å². The van der Waals surface area contributed by atoms with Crippen LogP contribution < -0.4 is 5.73 Å². The highest BCUT2D eigenvalue weighted by atomic mass is 19.1. The number of benzene rings is 1. The van der Waals surface area contributed by atoms with Crippen LogP contribution in [-0.4, -0.2) is 22.8 Å². The van der Waals surface area contributed by atoms with Crippen molar-refractivity contribution in [2.45, 2.75) is 6.04 Å². The molecule has 4 nitrogen and oxygen atoms in total. The van der Waals surface area contributed by atoms with E-state index in [-0.39, 0.29) is 12.2 Å². The van der Waals surface area contributed by atoms with Crippen molar-refractivity contribution in [3.05, 3.63) is 41.2 Å². The first-order chi connectivity index (χ1) is 7.54. The number of carboxylic acid groups (broad SMARTS) is 1. The number of hydrogen-bond donors (Lipinski definition) is 3. The Hall–Kier alpha value is -1.72. The summed E-state index contributed by atoms with van der Waals surface area (Å²) < 4.78 is 13.4. The molecule has 0 heterocycles. The van der Waals surface area contributed by atoms with Gasteiger partial charge in [-0.1, -0.05) is 12.1 Å². The fourth-order valence-electron chi connectivity index (χ4n) is 1.18. The predicted molar refractivity (Wildman–Crippen MR) is 57.1 cm³/mol. The Labute approximate surface area is 91.8 Å². The van der Waals surface area contributed by atoms with Crippen LogP contribution in [0, 0.1) is 5.82 Å². The van der Waals surface area contributed by atoms with Crippen molar-refractivity contribution in [1.82, 2.24) is 0 Å². The van der Waals surface area contributed by atoms with E-state index < -0.39 is 17.8 Å². The fourth-order valence-corrected chi connectivity index (χ4v) is 1.18. The lowest BCUT2D eigenvalue weighted by Crippen LogP contribution is -2.14. The third-order valence-corrected chi connectivity index (χ3v) is 2.05. The Morgan fingerprint density at radius 3 is 2.75 bits per heavy atom. The summed E-state index contributed by atoms with van der Waals surface area (Å²) in [5.41, 5.74) is 6.14. The van der Waals surface area contributed by atoms with Crippen molar-refractivity contribution in [2.24, 2.45) is 5.73 Å². The molecule has 0 saturated carbocycles. The minimum absolute atomic E-state index is 0.163. The summed E-state index contributed by atoms with van der Waals surface area (Å²) in [5.74, 6) is -1.71. The van der Waals surface area contributed by atoms with E-state index in [0.717, 1.165) is 12.2 Å². The van der Waals surface area contributed by atoms with Crippen LogP contribution in [0.3, 0.4) is 0 Å². The van der Waals surface area contributed by atoms with Gasteiger partial charge in [0.15, 0.2) is 0 Å². The van der Waals surface area contributed by atoms with Crippen molar-refractivity contribution in [1.29, 1.82) is 0 Å². The Morgan fingerprint density at radius 2 is 2.25 bits per heavy atom. The number of aliphatic carboxylic acids is 1. The molecular formula is C11H12FNO3. The van der Waals surface area contributed by atoms with Gasteiger partial charge >= 0.3 is 5.97 Å². The third-order valence-electron chi connectivity index (χ3n) is 2.05. The number of carbonyl (C=O) groups is 1. The Morgan fingerprint density at radius 1 is 1.56 bits per heavy atom. The van der Waals surface area contributed by atoms with Crippen LogP contribution in [0.25, 0.3) is 6.08 Å². The molecule has 0 unspecified atom stereocenters. The van der Waals surface area contributed by atoms with Crippen LogP contribution in [-0.2, 0) is 4.79 Å². The van der Waals surface area contributed by atoms with Gasteiger partial charge in [-0.3, -0.25) is 0 Å². The molecule has 1 atom stereocenters. The van der Waals surface area contributed by atoms with Gasteiger partial charge in [0.25, 0.3) is 0 Å². The van der Waals surface area contributed by atoms with Crippen LogP contribution in [0.5, 0.6) is 0 Å². The summed E-state index contributed by atoms with van der Waals surface area (Å²) in [4.78, 5) is 10.2.